The van der Waals surface area contributed by atoms with Crippen LogP contribution in [0.1, 0.15) is 248 Å². The third kappa shape index (κ3) is 25.3. The number of unbranched alkanes of at least 4 members (excludes halogenated alkanes) is 26. The van der Waals surface area contributed by atoms with Crippen molar-refractivity contribution in [1.29, 1.82) is 0 Å². The van der Waals surface area contributed by atoms with E-state index in [1.54, 1.807) is 0 Å². The Labute approximate surface area is 269 Å². The van der Waals surface area contributed by atoms with Crippen LogP contribution in [0, 0.1) is 0 Å². The van der Waals surface area contributed by atoms with Crippen LogP contribution in [-0.2, 0) is 0 Å². The van der Waals surface area contributed by atoms with Crippen LogP contribution in [0.5, 0.6) is 0 Å². The molecule has 0 fully saturated rings. The average molecular weight is 592 g/mol. The fourth-order valence-corrected chi connectivity index (χ4v) is 7.37. The van der Waals surface area contributed by atoms with E-state index in [2.05, 4.69) is 53.4 Å². The van der Waals surface area contributed by atoms with E-state index in [1.165, 1.54) is 206 Å². The van der Waals surface area contributed by atoms with Gasteiger partial charge < -0.3 is 0 Å². The largest absolute Gasteiger partial charge is 0.293 e. The molecular weight excluding hydrogens is 506 g/mol. The van der Waals surface area contributed by atoms with Gasteiger partial charge in [-0.3, -0.25) is 4.90 Å². The Bertz CT molecular complexity index is 485. The Balaban J connectivity index is 4.57. The van der Waals surface area contributed by atoms with Gasteiger partial charge in [0.1, 0.15) is 0 Å². The first kappa shape index (κ1) is 42.0. The Morgan fingerprint density at radius 2 is 0.500 bits per heavy atom. The molecule has 42 heavy (non-hydrogen) atoms. The zero-order chi connectivity index (χ0) is 31.2. The first-order valence-electron chi connectivity index (χ1n) is 20.1. The predicted octanol–water partition coefficient (Wildman–Crippen LogP) is 15.0. The van der Waals surface area contributed by atoms with Crippen LogP contribution in [0.25, 0.3) is 0 Å². The zero-order valence-corrected chi connectivity index (χ0v) is 31.1. The molecule has 0 radical (unpaired) electrons. The third-order valence-electron chi connectivity index (χ3n) is 10.2. The van der Waals surface area contributed by atoms with Gasteiger partial charge in [-0.2, -0.15) is 0 Å². The van der Waals surface area contributed by atoms with Crippen LogP contribution < -0.4 is 0 Å². The van der Waals surface area contributed by atoms with Gasteiger partial charge in [0.15, 0.2) is 0 Å². The van der Waals surface area contributed by atoms with E-state index < -0.39 is 0 Å². The van der Waals surface area contributed by atoms with Crippen LogP contribution in [0.4, 0.5) is 0 Å². The van der Waals surface area contributed by atoms with Crippen molar-refractivity contribution < 1.29 is 0 Å². The van der Waals surface area contributed by atoms with Crippen molar-refractivity contribution in [2.24, 2.45) is 0 Å². The number of hydrogen-bond acceptors (Lipinski definition) is 1. The summed E-state index contributed by atoms with van der Waals surface area (Å²) in [4.78, 5) is 2.97. The molecule has 0 atom stereocenters. The minimum atomic E-state index is 0.308. The molecule has 0 amide bonds. The summed E-state index contributed by atoms with van der Waals surface area (Å²) in [5.74, 6) is 0. The Morgan fingerprint density at radius 3 is 0.762 bits per heavy atom. The standard InChI is InChI=1S/C41H85N/c1-8-11-14-17-20-23-25-28-31-34-37-40(4,5)42(39-36-33-30-27-22-19-16-13-10-3)41(6,7)38-35-32-29-26-24-21-18-15-12-9-2/h8-39H2,1-7H3. The molecule has 0 aromatic rings. The summed E-state index contributed by atoms with van der Waals surface area (Å²) < 4.78 is 0. The molecule has 0 spiro atoms. The summed E-state index contributed by atoms with van der Waals surface area (Å²) in [5, 5.41) is 0. The highest BCUT2D eigenvalue weighted by Gasteiger charge is 2.36. The second kappa shape index (κ2) is 29.7. The molecule has 0 unspecified atom stereocenters. The quantitative estimate of drug-likeness (QED) is 0.0673. The summed E-state index contributed by atoms with van der Waals surface area (Å²) in [7, 11) is 0. The Hall–Kier alpha value is -0.0400. The highest BCUT2D eigenvalue weighted by Crippen LogP contribution is 2.34. The van der Waals surface area contributed by atoms with Crippen molar-refractivity contribution >= 4 is 0 Å². The normalized spacial score (nSPS) is 12.6. The molecule has 0 aromatic carbocycles. The van der Waals surface area contributed by atoms with Gasteiger partial charge in [-0.25, -0.2) is 0 Å². The predicted molar refractivity (Wildman–Crippen MR) is 195 cm³/mol. The second-order valence-electron chi connectivity index (χ2n) is 15.5. The number of nitrogens with zero attached hydrogens (tertiary/aromatic N) is 1. The van der Waals surface area contributed by atoms with Gasteiger partial charge in [0.05, 0.1) is 0 Å². The number of hydrogen-bond donors (Lipinski definition) is 0. The molecule has 0 aliphatic carbocycles. The molecule has 0 N–H and O–H groups in total. The Kier molecular flexibility index (Phi) is 29.6. The van der Waals surface area contributed by atoms with Crippen LogP contribution >= 0.6 is 0 Å². The molecule has 0 saturated carbocycles. The molecule has 0 saturated heterocycles. The van der Waals surface area contributed by atoms with E-state index in [0.29, 0.717) is 11.1 Å². The molecule has 0 rings (SSSR count). The van der Waals surface area contributed by atoms with Gasteiger partial charge in [0, 0.05) is 11.1 Å². The fourth-order valence-electron chi connectivity index (χ4n) is 7.37. The molecule has 0 aromatic heterocycles. The lowest BCUT2D eigenvalue weighted by molar-refractivity contribution is 0.00151. The molecule has 1 heteroatoms. The topological polar surface area (TPSA) is 3.24 Å². The lowest BCUT2D eigenvalue weighted by Crippen LogP contribution is -2.55. The maximum atomic E-state index is 2.97. The lowest BCUT2D eigenvalue weighted by Gasteiger charge is -2.49. The monoisotopic (exact) mass is 592 g/mol. The van der Waals surface area contributed by atoms with Crippen molar-refractivity contribution in [3.05, 3.63) is 0 Å². The summed E-state index contributed by atoms with van der Waals surface area (Å²) in [6.07, 6.45) is 44.3. The maximum Gasteiger partial charge on any atom is 0.0158 e. The lowest BCUT2D eigenvalue weighted by atomic mass is 9.85. The number of rotatable bonds is 34. The van der Waals surface area contributed by atoms with E-state index in [9.17, 15) is 0 Å². The summed E-state index contributed by atoms with van der Waals surface area (Å²) in [6, 6.07) is 0. The van der Waals surface area contributed by atoms with Gasteiger partial charge in [-0.1, -0.05) is 201 Å². The van der Waals surface area contributed by atoms with Crippen molar-refractivity contribution in [2.75, 3.05) is 6.54 Å². The van der Waals surface area contributed by atoms with Crippen LogP contribution in [0.3, 0.4) is 0 Å². The second-order valence-corrected chi connectivity index (χ2v) is 15.5. The maximum absolute atomic E-state index is 2.97. The minimum absolute atomic E-state index is 0.308. The van der Waals surface area contributed by atoms with Crippen LogP contribution in [0.15, 0.2) is 0 Å². The molecular formula is C41H85N. The van der Waals surface area contributed by atoms with Crippen molar-refractivity contribution in [3.8, 4) is 0 Å². The summed E-state index contributed by atoms with van der Waals surface area (Å²) in [5.41, 5.74) is 0.616. The third-order valence-corrected chi connectivity index (χ3v) is 10.2. The van der Waals surface area contributed by atoms with Gasteiger partial charge in [0.2, 0.25) is 0 Å². The van der Waals surface area contributed by atoms with E-state index in [0.717, 1.165) is 0 Å². The Morgan fingerprint density at radius 1 is 0.286 bits per heavy atom. The van der Waals surface area contributed by atoms with Crippen LogP contribution in [-0.4, -0.2) is 22.5 Å². The summed E-state index contributed by atoms with van der Waals surface area (Å²) >= 11 is 0. The van der Waals surface area contributed by atoms with Gasteiger partial charge in [-0.15, -0.1) is 0 Å². The zero-order valence-electron chi connectivity index (χ0n) is 31.1. The van der Waals surface area contributed by atoms with Crippen molar-refractivity contribution in [2.45, 2.75) is 259 Å². The van der Waals surface area contributed by atoms with E-state index in [4.69, 9.17) is 0 Å². The molecule has 0 aliphatic rings. The summed E-state index contributed by atoms with van der Waals surface area (Å²) in [6.45, 7) is 18.6. The highest BCUT2D eigenvalue weighted by atomic mass is 15.2. The average Bonchev–Trinajstić information content (AvgIpc) is 2.95. The van der Waals surface area contributed by atoms with E-state index in [-0.39, 0.29) is 0 Å². The van der Waals surface area contributed by atoms with Crippen molar-refractivity contribution in [1.82, 2.24) is 4.90 Å². The molecule has 254 valence electrons. The van der Waals surface area contributed by atoms with E-state index in [1.807, 2.05) is 0 Å². The molecule has 0 heterocycles. The fraction of sp³-hybridized carbons (Fsp3) is 1.00. The minimum Gasteiger partial charge on any atom is -0.293 e. The molecule has 0 bridgehead atoms. The van der Waals surface area contributed by atoms with Gasteiger partial charge in [-0.05, 0) is 53.5 Å². The molecule has 0 aliphatic heterocycles. The van der Waals surface area contributed by atoms with Gasteiger partial charge >= 0.3 is 0 Å². The van der Waals surface area contributed by atoms with Gasteiger partial charge in [0.25, 0.3) is 0 Å². The first-order valence-corrected chi connectivity index (χ1v) is 20.1. The highest BCUT2D eigenvalue weighted by molar-refractivity contribution is 4.92. The SMILES string of the molecule is CCCCCCCCCCCCC(C)(C)N(CCCCCCCCCCC)C(C)(C)CCCCCCCCCCCC. The van der Waals surface area contributed by atoms with Crippen molar-refractivity contribution in [3.63, 3.8) is 0 Å². The van der Waals surface area contributed by atoms with Crippen LogP contribution in [0.2, 0.25) is 0 Å². The molecule has 1 nitrogen and oxygen atoms in total. The first-order chi connectivity index (χ1) is 20.3. The van der Waals surface area contributed by atoms with E-state index >= 15 is 0 Å². The smallest absolute Gasteiger partial charge is 0.0158 e.